The molecule has 1 aromatic carbocycles. The van der Waals surface area contributed by atoms with Crippen molar-refractivity contribution in [1.82, 2.24) is 20.9 Å². The molecule has 8 heteroatoms. The molecule has 8 nitrogen and oxygen atoms in total. The van der Waals surface area contributed by atoms with Crippen molar-refractivity contribution in [2.24, 2.45) is 0 Å². The number of carbonyl (C=O) groups is 4. The van der Waals surface area contributed by atoms with Crippen LogP contribution in [-0.4, -0.2) is 41.4 Å². The number of carbonyl (C=O) groups excluding carboxylic acids is 4. The summed E-state index contributed by atoms with van der Waals surface area (Å²) in [7, 11) is 0. The minimum Gasteiger partial charge on any atom is -0.335 e. The van der Waals surface area contributed by atoms with Crippen LogP contribution in [0.3, 0.4) is 0 Å². The summed E-state index contributed by atoms with van der Waals surface area (Å²) in [5.41, 5.74) is 0.562. The van der Waals surface area contributed by atoms with Gasteiger partial charge >= 0.3 is 12.1 Å². The predicted molar refractivity (Wildman–Crippen MR) is 112 cm³/mol. The van der Waals surface area contributed by atoms with Gasteiger partial charge in [-0.1, -0.05) is 56.9 Å². The van der Waals surface area contributed by atoms with E-state index >= 15 is 0 Å². The van der Waals surface area contributed by atoms with Crippen LogP contribution < -0.4 is 16.0 Å². The van der Waals surface area contributed by atoms with Gasteiger partial charge in [0.15, 0.2) is 0 Å². The molecule has 0 unspecified atom stereocenters. The number of nitrogens with zero attached hydrogens (tertiary/aromatic N) is 1. The third-order valence-corrected chi connectivity index (χ3v) is 5.84. The van der Waals surface area contributed by atoms with Gasteiger partial charge in [-0.25, -0.2) is 9.59 Å². The number of urea groups is 2. The van der Waals surface area contributed by atoms with Crippen LogP contribution in [0.15, 0.2) is 24.3 Å². The van der Waals surface area contributed by atoms with E-state index in [-0.39, 0.29) is 6.04 Å². The van der Waals surface area contributed by atoms with E-state index in [1.807, 2.05) is 24.3 Å². The summed E-state index contributed by atoms with van der Waals surface area (Å²) in [4.78, 5) is 50.5. The lowest BCUT2D eigenvalue weighted by Crippen LogP contribution is -2.49. The number of amides is 6. The third kappa shape index (κ3) is 4.80. The first kappa shape index (κ1) is 21.8. The lowest BCUT2D eigenvalue weighted by molar-refractivity contribution is -0.134. The van der Waals surface area contributed by atoms with Gasteiger partial charge in [-0.15, -0.1) is 0 Å². The lowest BCUT2D eigenvalue weighted by Gasteiger charge is -2.23. The molecule has 2 aliphatic rings. The van der Waals surface area contributed by atoms with Crippen molar-refractivity contribution in [3.8, 4) is 0 Å². The Hall–Kier alpha value is -2.90. The van der Waals surface area contributed by atoms with Gasteiger partial charge in [0, 0.05) is 6.04 Å². The van der Waals surface area contributed by atoms with Crippen molar-refractivity contribution >= 4 is 23.9 Å². The van der Waals surface area contributed by atoms with E-state index in [2.05, 4.69) is 22.9 Å². The molecule has 162 valence electrons. The summed E-state index contributed by atoms with van der Waals surface area (Å²) < 4.78 is 0. The van der Waals surface area contributed by atoms with Crippen molar-refractivity contribution in [2.45, 2.75) is 70.4 Å². The molecule has 1 aliphatic heterocycles. The molecule has 1 aliphatic carbocycles. The molecule has 1 heterocycles. The summed E-state index contributed by atoms with van der Waals surface area (Å²) in [6, 6.07) is 6.34. The highest BCUT2D eigenvalue weighted by Crippen LogP contribution is 2.29. The molecule has 30 heavy (non-hydrogen) atoms. The average molecular weight is 415 g/mol. The van der Waals surface area contributed by atoms with Gasteiger partial charge in [0.05, 0.1) is 0 Å². The lowest BCUT2D eigenvalue weighted by atomic mass is 9.91. The second-order valence-electron chi connectivity index (χ2n) is 8.25. The summed E-state index contributed by atoms with van der Waals surface area (Å²) in [6.45, 7) is 3.20. The van der Waals surface area contributed by atoms with Gasteiger partial charge in [0.25, 0.3) is 5.91 Å². The zero-order valence-electron chi connectivity index (χ0n) is 17.6. The van der Waals surface area contributed by atoms with Gasteiger partial charge in [-0.3, -0.25) is 19.8 Å². The zero-order valence-corrected chi connectivity index (χ0v) is 17.6. The molecule has 6 amide bonds. The van der Waals surface area contributed by atoms with Crippen LogP contribution in [-0.2, 0) is 21.5 Å². The number of nitrogens with one attached hydrogen (secondary N) is 3. The van der Waals surface area contributed by atoms with Gasteiger partial charge < -0.3 is 10.6 Å². The second kappa shape index (κ2) is 9.28. The smallest absolute Gasteiger partial charge is 0.325 e. The monoisotopic (exact) mass is 414 g/mol. The van der Waals surface area contributed by atoms with E-state index in [4.69, 9.17) is 0 Å². The van der Waals surface area contributed by atoms with Crippen LogP contribution in [0.1, 0.15) is 63.5 Å². The highest BCUT2D eigenvalue weighted by Gasteiger charge is 2.49. The Morgan fingerprint density at radius 3 is 2.43 bits per heavy atom. The minimum absolute atomic E-state index is 0.0576. The van der Waals surface area contributed by atoms with Crippen LogP contribution in [0, 0.1) is 0 Å². The van der Waals surface area contributed by atoms with Crippen LogP contribution in [0.5, 0.6) is 0 Å². The second-order valence-corrected chi connectivity index (χ2v) is 8.25. The molecule has 3 rings (SSSR count). The predicted octanol–water partition coefficient (Wildman–Crippen LogP) is 2.56. The molecule has 0 bridgehead atoms. The first-order valence-electron chi connectivity index (χ1n) is 10.7. The first-order valence-corrected chi connectivity index (χ1v) is 10.7. The maximum absolute atomic E-state index is 12.9. The number of hydrogen-bond donors (Lipinski definition) is 3. The summed E-state index contributed by atoms with van der Waals surface area (Å²) in [5.74, 6) is -1.21. The van der Waals surface area contributed by atoms with Crippen molar-refractivity contribution < 1.29 is 19.2 Å². The van der Waals surface area contributed by atoms with Crippen LogP contribution in [0.2, 0.25) is 0 Å². The average Bonchev–Trinajstić information content (AvgIpc) is 2.93. The van der Waals surface area contributed by atoms with E-state index < -0.39 is 36.0 Å². The molecule has 1 aromatic rings. The van der Waals surface area contributed by atoms with Crippen molar-refractivity contribution in [3.05, 3.63) is 35.4 Å². The Bertz CT molecular complexity index is 817. The van der Waals surface area contributed by atoms with Crippen LogP contribution >= 0.6 is 0 Å². The van der Waals surface area contributed by atoms with Crippen LogP contribution in [0.4, 0.5) is 9.59 Å². The molecule has 0 spiro atoms. The highest BCUT2D eigenvalue weighted by atomic mass is 16.2. The molecule has 0 radical (unpaired) electrons. The first-order chi connectivity index (χ1) is 14.3. The van der Waals surface area contributed by atoms with Crippen molar-refractivity contribution in [1.29, 1.82) is 0 Å². The fourth-order valence-corrected chi connectivity index (χ4v) is 4.11. The highest BCUT2D eigenvalue weighted by molar-refractivity contribution is 6.10. The minimum atomic E-state index is -1.24. The van der Waals surface area contributed by atoms with E-state index in [0.29, 0.717) is 5.56 Å². The third-order valence-electron chi connectivity index (χ3n) is 5.84. The normalized spacial score (nSPS) is 22.0. The Balaban J connectivity index is 1.59. The SMILES string of the molecule is CCCc1ccc([C@@]2(C)NC(=O)N(CC(=O)NC(=O)NC3CCCCC3)C2=O)cc1. The number of rotatable bonds is 6. The fourth-order valence-electron chi connectivity index (χ4n) is 4.11. The molecule has 3 N–H and O–H groups in total. The van der Waals surface area contributed by atoms with E-state index in [0.717, 1.165) is 55.4 Å². The summed E-state index contributed by atoms with van der Waals surface area (Å²) in [5, 5.41) is 7.68. The van der Waals surface area contributed by atoms with Crippen molar-refractivity contribution in [2.75, 3.05) is 6.54 Å². The number of hydrogen-bond acceptors (Lipinski definition) is 4. The molecule has 2 fully saturated rings. The van der Waals surface area contributed by atoms with Gasteiger partial charge in [-0.05, 0) is 37.3 Å². The molecule has 1 saturated heterocycles. The standard InChI is InChI=1S/C22H30N4O4/c1-3-7-15-10-12-16(13-11-15)22(2)19(28)26(21(30)25-22)14-18(27)24-20(29)23-17-8-5-4-6-9-17/h10-13,17H,3-9,14H2,1-2H3,(H,25,30)(H2,23,24,27,29)/t22-/m1/s1. The van der Waals surface area contributed by atoms with E-state index in [1.165, 1.54) is 0 Å². The molecular weight excluding hydrogens is 384 g/mol. The van der Waals surface area contributed by atoms with Gasteiger partial charge in [0.1, 0.15) is 12.1 Å². The Morgan fingerprint density at radius 1 is 1.13 bits per heavy atom. The number of benzene rings is 1. The fraction of sp³-hybridized carbons (Fsp3) is 0.545. The molecule has 0 aromatic heterocycles. The van der Waals surface area contributed by atoms with E-state index in [1.54, 1.807) is 6.92 Å². The maximum Gasteiger partial charge on any atom is 0.325 e. The maximum atomic E-state index is 12.9. The quantitative estimate of drug-likeness (QED) is 0.622. The molecule has 1 saturated carbocycles. The van der Waals surface area contributed by atoms with Crippen molar-refractivity contribution in [3.63, 3.8) is 0 Å². The zero-order chi connectivity index (χ0) is 21.7. The number of aryl methyl sites for hydroxylation is 1. The topological polar surface area (TPSA) is 108 Å². The van der Waals surface area contributed by atoms with Gasteiger partial charge in [-0.2, -0.15) is 0 Å². The molecular formula is C22H30N4O4. The number of imide groups is 2. The van der Waals surface area contributed by atoms with E-state index in [9.17, 15) is 19.2 Å². The van der Waals surface area contributed by atoms with Gasteiger partial charge in [0.2, 0.25) is 5.91 Å². The largest absolute Gasteiger partial charge is 0.335 e. The Kier molecular flexibility index (Phi) is 6.74. The molecule has 1 atom stereocenters. The Labute approximate surface area is 176 Å². The summed E-state index contributed by atoms with van der Waals surface area (Å²) >= 11 is 0. The van der Waals surface area contributed by atoms with Crippen LogP contribution in [0.25, 0.3) is 0 Å². The Morgan fingerprint density at radius 2 is 1.80 bits per heavy atom. The summed E-state index contributed by atoms with van der Waals surface area (Å²) in [6.07, 6.45) is 7.01.